The first-order chi connectivity index (χ1) is 13.8. The Bertz CT molecular complexity index is 953. The molecule has 0 spiro atoms. The maximum atomic E-state index is 13.6. The van der Waals surface area contributed by atoms with Crippen molar-refractivity contribution in [2.75, 3.05) is 49.6 Å². The normalized spacial score (nSPS) is 14.8. The van der Waals surface area contributed by atoms with Gasteiger partial charge in [-0.25, -0.2) is 26.9 Å². The molecule has 29 heavy (non-hydrogen) atoms. The fourth-order valence-electron chi connectivity index (χ4n) is 2.88. The molecule has 2 aromatic rings. The molecule has 0 radical (unpaired) electrons. The third-order valence-corrected chi connectivity index (χ3v) is 5.59. The van der Waals surface area contributed by atoms with Crippen molar-refractivity contribution in [3.63, 3.8) is 0 Å². The molecule has 158 valence electrons. The second-order valence-electron chi connectivity index (χ2n) is 6.61. The van der Waals surface area contributed by atoms with E-state index in [-0.39, 0.29) is 18.7 Å². The average molecular weight is 427 g/mol. The number of aryl methyl sites for hydroxylation is 1. The van der Waals surface area contributed by atoms with Gasteiger partial charge in [0, 0.05) is 43.5 Å². The first-order valence-corrected chi connectivity index (χ1v) is 10.8. The zero-order valence-electron chi connectivity index (χ0n) is 16.0. The number of morpholine rings is 1. The van der Waals surface area contributed by atoms with Crippen LogP contribution in [0.2, 0.25) is 0 Å². The Hall–Kier alpha value is -2.37. The van der Waals surface area contributed by atoms with Crippen molar-refractivity contribution < 1.29 is 21.9 Å². The van der Waals surface area contributed by atoms with E-state index in [0.29, 0.717) is 19.2 Å². The van der Waals surface area contributed by atoms with Crippen molar-refractivity contribution >= 4 is 21.8 Å². The van der Waals surface area contributed by atoms with E-state index in [0.717, 1.165) is 42.8 Å². The minimum atomic E-state index is -3.82. The smallest absolute Gasteiger partial charge is 0.224 e. The van der Waals surface area contributed by atoms with Gasteiger partial charge in [0.2, 0.25) is 16.0 Å². The fourth-order valence-corrected chi connectivity index (χ4v) is 4.02. The van der Waals surface area contributed by atoms with Crippen molar-refractivity contribution in [2.24, 2.45) is 0 Å². The zero-order chi connectivity index (χ0) is 20.9. The van der Waals surface area contributed by atoms with Crippen molar-refractivity contribution in [3.05, 3.63) is 47.2 Å². The maximum absolute atomic E-state index is 13.6. The third kappa shape index (κ3) is 6.31. The molecule has 1 aliphatic heterocycles. The Balaban J connectivity index is 1.53. The van der Waals surface area contributed by atoms with Gasteiger partial charge < -0.3 is 15.0 Å². The minimum Gasteiger partial charge on any atom is -0.378 e. The molecule has 0 unspecified atom stereocenters. The zero-order valence-corrected chi connectivity index (χ0v) is 16.8. The number of benzene rings is 1. The second-order valence-corrected chi connectivity index (χ2v) is 8.41. The van der Waals surface area contributed by atoms with E-state index in [4.69, 9.17) is 4.74 Å². The monoisotopic (exact) mass is 427 g/mol. The van der Waals surface area contributed by atoms with Crippen LogP contribution in [0.4, 0.5) is 20.5 Å². The lowest BCUT2D eigenvalue weighted by molar-refractivity contribution is 0.122. The molecule has 0 aliphatic carbocycles. The first kappa shape index (κ1) is 21.3. The van der Waals surface area contributed by atoms with Gasteiger partial charge >= 0.3 is 0 Å². The van der Waals surface area contributed by atoms with E-state index in [1.807, 2.05) is 13.0 Å². The number of sulfonamides is 1. The summed E-state index contributed by atoms with van der Waals surface area (Å²) in [5, 5.41) is 2.98. The molecule has 1 saturated heterocycles. The van der Waals surface area contributed by atoms with Gasteiger partial charge in [-0.2, -0.15) is 4.98 Å². The highest BCUT2D eigenvalue weighted by Crippen LogP contribution is 2.16. The number of hydrogen-bond acceptors (Lipinski definition) is 7. The molecular weight excluding hydrogens is 404 g/mol. The summed E-state index contributed by atoms with van der Waals surface area (Å²) in [5.41, 5.74) is 0.564. The van der Waals surface area contributed by atoms with Crippen LogP contribution in [0.25, 0.3) is 0 Å². The van der Waals surface area contributed by atoms with Crippen LogP contribution in [0.15, 0.2) is 24.3 Å². The number of halogens is 2. The summed E-state index contributed by atoms with van der Waals surface area (Å²) in [5.74, 6) is -0.921. The molecule has 0 amide bonds. The third-order valence-electron chi connectivity index (χ3n) is 4.26. The molecule has 1 aromatic heterocycles. The first-order valence-electron chi connectivity index (χ1n) is 9.16. The van der Waals surface area contributed by atoms with Gasteiger partial charge in [-0.05, 0) is 25.1 Å². The highest BCUT2D eigenvalue weighted by Gasteiger charge is 2.16. The van der Waals surface area contributed by atoms with Gasteiger partial charge in [0.1, 0.15) is 17.5 Å². The summed E-state index contributed by atoms with van der Waals surface area (Å²) >= 11 is 0. The molecule has 1 aromatic carbocycles. The molecule has 8 nitrogen and oxygen atoms in total. The molecule has 1 fully saturated rings. The molecule has 2 N–H and O–H groups in total. The number of anilines is 2. The Kier molecular flexibility index (Phi) is 6.93. The lowest BCUT2D eigenvalue weighted by atomic mass is 10.2. The molecular formula is C18H23F2N5O3S. The quantitative estimate of drug-likeness (QED) is 0.615. The van der Waals surface area contributed by atoms with E-state index in [1.165, 1.54) is 0 Å². The van der Waals surface area contributed by atoms with Crippen LogP contribution in [0.3, 0.4) is 0 Å². The summed E-state index contributed by atoms with van der Waals surface area (Å²) in [7, 11) is -3.82. The van der Waals surface area contributed by atoms with Crippen LogP contribution in [0, 0.1) is 18.6 Å². The molecule has 11 heteroatoms. The topological polar surface area (TPSA) is 96.5 Å². The molecule has 2 heterocycles. The van der Waals surface area contributed by atoms with Crippen molar-refractivity contribution in [3.8, 4) is 0 Å². The molecule has 0 atom stereocenters. The van der Waals surface area contributed by atoms with Crippen LogP contribution >= 0.6 is 0 Å². The van der Waals surface area contributed by atoms with Crippen LogP contribution in [-0.4, -0.2) is 57.8 Å². The SMILES string of the molecule is Cc1cc(N2CCOCC2)nc(NCCNS(=O)(=O)Cc2cc(F)ccc2F)n1. The number of nitrogens with zero attached hydrogens (tertiary/aromatic N) is 3. The summed E-state index contributed by atoms with van der Waals surface area (Å²) in [4.78, 5) is 10.9. The number of aromatic nitrogens is 2. The van der Waals surface area contributed by atoms with Gasteiger partial charge in [0.05, 0.1) is 19.0 Å². The van der Waals surface area contributed by atoms with Gasteiger partial charge in [0.25, 0.3) is 0 Å². The minimum absolute atomic E-state index is 0.0451. The second kappa shape index (κ2) is 9.42. The average Bonchev–Trinajstić information content (AvgIpc) is 2.68. The lowest BCUT2D eigenvalue weighted by Gasteiger charge is -2.28. The largest absolute Gasteiger partial charge is 0.378 e. The number of hydrogen-bond donors (Lipinski definition) is 2. The van der Waals surface area contributed by atoms with Crippen molar-refractivity contribution in [1.29, 1.82) is 0 Å². The van der Waals surface area contributed by atoms with Crippen LogP contribution in [-0.2, 0) is 20.5 Å². The van der Waals surface area contributed by atoms with E-state index < -0.39 is 27.4 Å². The van der Waals surface area contributed by atoms with Crippen molar-refractivity contribution in [1.82, 2.24) is 14.7 Å². The van der Waals surface area contributed by atoms with E-state index in [1.54, 1.807) is 0 Å². The summed E-state index contributed by atoms with van der Waals surface area (Å²) in [6.07, 6.45) is 0. The Morgan fingerprint density at radius 3 is 2.66 bits per heavy atom. The molecule has 1 aliphatic rings. The number of rotatable bonds is 8. The predicted molar refractivity (Wildman–Crippen MR) is 105 cm³/mol. The summed E-state index contributed by atoms with van der Waals surface area (Å²) in [6.45, 7) is 4.89. The summed E-state index contributed by atoms with van der Waals surface area (Å²) < 4.78 is 58.8. The Morgan fingerprint density at radius 1 is 1.14 bits per heavy atom. The Labute approximate surface area is 168 Å². The van der Waals surface area contributed by atoms with Gasteiger partial charge in [-0.1, -0.05) is 0 Å². The molecule has 0 saturated carbocycles. The van der Waals surface area contributed by atoms with Gasteiger partial charge in [0.15, 0.2) is 0 Å². The van der Waals surface area contributed by atoms with E-state index >= 15 is 0 Å². The van der Waals surface area contributed by atoms with Gasteiger partial charge in [-0.3, -0.25) is 0 Å². The predicted octanol–water partition coefficient (Wildman–Crippen LogP) is 1.43. The number of nitrogens with one attached hydrogen (secondary N) is 2. The van der Waals surface area contributed by atoms with Crippen molar-refractivity contribution in [2.45, 2.75) is 12.7 Å². The molecule has 0 bridgehead atoms. The number of ether oxygens (including phenoxy) is 1. The van der Waals surface area contributed by atoms with E-state index in [9.17, 15) is 17.2 Å². The highest BCUT2D eigenvalue weighted by atomic mass is 32.2. The Morgan fingerprint density at radius 2 is 1.90 bits per heavy atom. The maximum Gasteiger partial charge on any atom is 0.224 e. The fraction of sp³-hybridized carbons (Fsp3) is 0.444. The van der Waals surface area contributed by atoms with Gasteiger partial charge in [-0.15, -0.1) is 0 Å². The standard InChI is InChI=1S/C18H23F2N5O3S/c1-13-10-17(25-6-8-28-9-7-25)24-18(23-13)21-4-5-22-29(26,27)12-14-11-15(19)2-3-16(14)20/h2-3,10-11,22H,4-9,12H2,1H3,(H,21,23,24). The molecule has 3 rings (SSSR count). The summed E-state index contributed by atoms with van der Waals surface area (Å²) in [6, 6.07) is 4.60. The van der Waals surface area contributed by atoms with Crippen LogP contribution in [0.1, 0.15) is 11.3 Å². The van der Waals surface area contributed by atoms with Crippen LogP contribution < -0.4 is 14.9 Å². The lowest BCUT2D eigenvalue weighted by Crippen LogP contribution is -2.37. The highest BCUT2D eigenvalue weighted by molar-refractivity contribution is 7.88. The van der Waals surface area contributed by atoms with E-state index in [2.05, 4.69) is 24.9 Å². The van der Waals surface area contributed by atoms with Crippen LogP contribution in [0.5, 0.6) is 0 Å².